The molecule has 2 heterocycles. The summed E-state index contributed by atoms with van der Waals surface area (Å²) in [5.41, 5.74) is 0. The molecule has 6 nitrogen and oxygen atoms in total. The number of ether oxygens (including phenoxy) is 1. The molecule has 3 atom stereocenters. The maximum atomic E-state index is 11.6. The highest BCUT2D eigenvalue weighted by molar-refractivity contribution is 5.73. The number of amides is 1. The van der Waals surface area contributed by atoms with Gasteiger partial charge in [0.2, 0.25) is 5.91 Å². The van der Waals surface area contributed by atoms with Crippen molar-refractivity contribution in [3.05, 3.63) is 0 Å². The predicted molar refractivity (Wildman–Crippen MR) is 90.3 cm³/mol. The van der Waals surface area contributed by atoms with Gasteiger partial charge in [-0.15, -0.1) is 0 Å². The second-order valence-corrected chi connectivity index (χ2v) is 6.97. The first kappa shape index (κ1) is 18.6. The van der Waals surface area contributed by atoms with E-state index in [4.69, 9.17) is 4.74 Å². The third-order valence-electron chi connectivity index (χ3n) is 5.08. The van der Waals surface area contributed by atoms with Crippen molar-refractivity contribution >= 4 is 5.91 Å². The minimum absolute atomic E-state index is 0.187. The SMILES string of the molecule is CCOC[C@H](O)CN1C[C@H](C)[C@@H](N2CCCN(C(C)=O)CC2)C1. The van der Waals surface area contributed by atoms with Crippen molar-refractivity contribution in [2.24, 2.45) is 5.92 Å². The Labute approximate surface area is 140 Å². The summed E-state index contributed by atoms with van der Waals surface area (Å²) < 4.78 is 5.30. The Hall–Kier alpha value is -0.690. The zero-order valence-electron chi connectivity index (χ0n) is 14.9. The number of carbonyl (C=O) groups excluding carboxylic acids is 1. The Morgan fingerprint density at radius 2 is 2.04 bits per heavy atom. The van der Waals surface area contributed by atoms with E-state index in [1.54, 1.807) is 6.92 Å². The number of aliphatic hydroxyl groups excluding tert-OH is 1. The minimum atomic E-state index is -0.404. The molecule has 6 heteroatoms. The van der Waals surface area contributed by atoms with Crippen molar-refractivity contribution in [1.82, 2.24) is 14.7 Å². The van der Waals surface area contributed by atoms with Crippen molar-refractivity contribution in [2.75, 3.05) is 59.0 Å². The van der Waals surface area contributed by atoms with Crippen LogP contribution in [0.3, 0.4) is 0 Å². The molecule has 0 saturated carbocycles. The number of β-amino-alcohol motifs (C(OH)–C–C–N with tert-alkyl or cyclic N) is 1. The van der Waals surface area contributed by atoms with Gasteiger partial charge in [-0.3, -0.25) is 14.6 Å². The number of nitrogens with zero attached hydrogens (tertiary/aromatic N) is 3. The fourth-order valence-electron chi connectivity index (χ4n) is 3.86. The second-order valence-electron chi connectivity index (χ2n) is 6.97. The summed E-state index contributed by atoms with van der Waals surface area (Å²) in [7, 11) is 0. The van der Waals surface area contributed by atoms with E-state index < -0.39 is 6.10 Å². The summed E-state index contributed by atoms with van der Waals surface area (Å²) in [6.07, 6.45) is 0.647. The molecule has 0 bridgehead atoms. The highest BCUT2D eigenvalue weighted by Gasteiger charge is 2.35. The normalized spacial score (nSPS) is 28.8. The van der Waals surface area contributed by atoms with E-state index in [-0.39, 0.29) is 5.91 Å². The highest BCUT2D eigenvalue weighted by atomic mass is 16.5. The predicted octanol–water partition coefficient (Wildman–Crippen LogP) is 0.258. The molecule has 134 valence electrons. The van der Waals surface area contributed by atoms with Gasteiger partial charge >= 0.3 is 0 Å². The third kappa shape index (κ3) is 5.41. The Morgan fingerprint density at radius 1 is 1.26 bits per heavy atom. The molecule has 2 fully saturated rings. The zero-order valence-corrected chi connectivity index (χ0v) is 14.9. The van der Waals surface area contributed by atoms with E-state index >= 15 is 0 Å². The monoisotopic (exact) mass is 327 g/mol. The number of hydrogen-bond donors (Lipinski definition) is 1. The van der Waals surface area contributed by atoms with Crippen LogP contribution in [0, 0.1) is 5.92 Å². The van der Waals surface area contributed by atoms with Crippen LogP contribution in [0.1, 0.15) is 27.2 Å². The molecule has 23 heavy (non-hydrogen) atoms. The lowest BCUT2D eigenvalue weighted by Crippen LogP contribution is -2.43. The molecule has 0 spiro atoms. The Bertz CT molecular complexity index is 380. The Kier molecular flexibility index (Phi) is 7.27. The molecule has 2 aliphatic rings. The van der Waals surface area contributed by atoms with Gasteiger partial charge in [-0.1, -0.05) is 6.92 Å². The molecule has 0 unspecified atom stereocenters. The van der Waals surface area contributed by atoms with Gasteiger partial charge < -0.3 is 14.7 Å². The average molecular weight is 327 g/mol. The van der Waals surface area contributed by atoms with Gasteiger partial charge in [-0.05, 0) is 19.3 Å². The van der Waals surface area contributed by atoms with Gasteiger partial charge in [-0.2, -0.15) is 0 Å². The highest BCUT2D eigenvalue weighted by Crippen LogP contribution is 2.23. The fourth-order valence-corrected chi connectivity index (χ4v) is 3.86. The molecular formula is C17H33N3O3. The lowest BCUT2D eigenvalue weighted by Gasteiger charge is -2.30. The molecule has 0 aromatic rings. The van der Waals surface area contributed by atoms with Crippen molar-refractivity contribution < 1.29 is 14.6 Å². The molecule has 2 rings (SSSR count). The zero-order chi connectivity index (χ0) is 16.8. The van der Waals surface area contributed by atoms with Crippen molar-refractivity contribution in [3.8, 4) is 0 Å². The molecule has 0 radical (unpaired) electrons. The quantitative estimate of drug-likeness (QED) is 0.758. The largest absolute Gasteiger partial charge is 0.389 e. The molecular weight excluding hydrogens is 294 g/mol. The summed E-state index contributed by atoms with van der Waals surface area (Å²) in [5, 5.41) is 10.0. The third-order valence-corrected chi connectivity index (χ3v) is 5.08. The number of aliphatic hydroxyl groups is 1. The summed E-state index contributed by atoms with van der Waals surface area (Å²) >= 11 is 0. The van der Waals surface area contributed by atoms with Gasteiger partial charge in [0, 0.05) is 65.4 Å². The molecule has 1 amide bonds. The fraction of sp³-hybridized carbons (Fsp3) is 0.941. The van der Waals surface area contributed by atoms with Crippen LogP contribution >= 0.6 is 0 Å². The van der Waals surface area contributed by atoms with Crippen LogP contribution in [0.4, 0.5) is 0 Å². The second kappa shape index (κ2) is 8.97. The molecule has 2 saturated heterocycles. The molecule has 0 aromatic carbocycles. The van der Waals surface area contributed by atoms with Crippen LogP contribution in [0.2, 0.25) is 0 Å². The van der Waals surface area contributed by atoms with E-state index in [2.05, 4.69) is 16.7 Å². The first-order valence-corrected chi connectivity index (χ1v) is 8.99. The summed E-state index contributed by atoms with van der Waals surface area (Å²) in [6, 6.07) is 0.529. The number of hydrogen-bond acceptors (Lipinski definition) is 5. The van der Waals surface area contributed by atoms with E-state index in [0.29, 0.717) is 31.7 Å². The van der Waals surface area contributed by atoms with E-state index in [1.165, 1.54) is 0 Å². The number of rotatable bonds is 6. The smallest absolute Gasteiger partial charge is 0.219 e. The van der Waals surface area contributed by atoms with Gasteiger partial charge in [0.25, 0.3) is 0 Å². The van der Waals surface area contributed by atoms with Crippen molar-refractivity contribution in [2.45, 2.75) is 39.3 Å². The van der Waals surface area contributed by atoms with Crippen LogP contribution in [-0.4, -0.2) is 96.9 Å². The first-order chi connectivity index (χ1) is 11.0. The van der Waals surface area contributed by atoms with Gasteiger partial charge in [-0.25, -0.2) is 0 Å². The molecule has 0 aliphatic carbocycles. The average Bonchev–Trinajstić information content (AvgIpc) is 2.73. The van der Waals surface area contributed by atoms with Gasteiger partial charge in [0.1, 0.15) is 0 Å². The van der Waals surface area contributed by atoms with E-state index in [1.807, 2.05) is 11.8 Å². The molecule has 1 N–H and O–H groups in total. The van der Waals surface area contributed by atoms with Crippen LogP contribution < -0.4 is 0 Å². The lowest BCUT2D eigenvalue weighted by molar-refractivity contribution is -0.128. The van der Waals surface area contributed by atoms with Crippen LogP contribution in [0.15, 0.2) is 0 Å². The molecule has 2 aliphatic heterocycles. The lowest BCUT2D eigenvalue weighted by atomic mass is 10.0. The van der Waals surface area contributed by atoms with Crippen LogP contribution in [0.25, 0.3) is 0 Å². The minimum Gasteiger partial charge on any atom is -0.389 e. The summed E-state index contributed by atoms with van der Waals surface area (Å²) in [4.78, 5) is 18.4. The summed E-state index contributed by atoms with van der Waals surface area (Å²) in [5.74, 6) is 0.783. The van der Waals surface area contributed by atoms with Crippen molar-refractivity contribution in [3.63, 3.8) is 0 Å². The first-order valence-electron chi connectivity index (χ1n) is 8.99. The van der Waals surface area contributed by atoms with Crippen molar-refractivity contribution in [1.29, 1.82) is 0 Å². The van der Waals surface area contributed by atoms with E-state index in [9.17, 15) is 9.90 Å². The van der Waals surface area contributed by atoms with Gasteiger partial charge in [0.15, 0.2) is 0 Å². The van der Waals surface area contributed by atoms with E-state index in [0.717, 1.165) is 45.7 Å². The Balaban J connectivity index is 1.82. The number of carbonyl (C=O) groups is 1. The van der Waals surface area contributed by atoms with Crippen LogP contribution in [-0.2, 0) is 9.53 Å². The summed E-state index contributed by atoms with van der Waals surface area (Å²) in [6.45, 7) is 13.4. The maximum Gasteiger partial charge on any atom is 0.219 e. The van der Waals surface area contributed by atoms with Gasteiger partial charge in [0.05, 0.1) is 12.7 Å². The standard InChI is InChI=1S/C17H33N3O3/c1-4-23-13-16(22)11-18-10-14(2)17(12-18)20-7-5-6-19(8-9-20)15(3)21/h14,16-17,22H,4-13H2,1-3H3/t14-,16+,17-/m0/s1. The number of likely N-dealkylation sites (tertiary alicyclic amines) is 1. The van der Waals surface area contributed by atoms with Crippen LogP contribution in [0.5, 0.6) is 0 Å². The topological polar surface area (TPSA) is 56.3 Å². The maximum absolute atomic E-state index is 11.6. The molecule has 0 aromatic heterocycles. The Morgan fingerprint density at radius 3 is 2.74 bits per heavy atom.